The summed E-state index contributed by atoms with van der Waals surface area (Å²) in [6.45, 7) is 1.99. The van der Waals surface area contributed by atoms with E-state index in [2.05, 4.69) is 15.6 Å². The summed E-state index contributed by atoms with van der Waals surface area (Å²) in [5.74, 6) is 2.31. The van der Waals surface area contributed by atoms with Crippen molar-refractivity contribution in [1.82, 2.24) is 4.98 Å². The third-order valence-corrected chi connectivity index (χ3v) is 5.88. The van der Waals surface area contributed by atoms with E-state index in [1.165, 1.54) is 0 Å². The Bertz CT molecular complexity index is 1390. The average Bonchev–Trinajstić information content (AvgIpc) is 2.89. The zero-order valence-corrected chi connectivity index (χ0v) is 21.0. The third kappa shape index (κ3) is 5.27. The molecule has 0 atom stereocenters. The van der Waals surface area contributed by atoms with Crippen LogP contribution in [0.1, 0.15) is 16.8 Å². The van der Waals surface area contributed by atoms with E-state index < -0.39 is 0 Å². The van der Waals surface area contributed by atoms with Crippen molar-refractivity contribution >= 4 is 28.2 Å². The number of hydrogen-bond donors (Lipinski definition) is 2. The fraction of sp³-hybridized carbons (Fsp3) is 0.214. The second-order valence-corrected chi connectivity index (χ2v) is 8.17. The van der Waals surface area contributed by atoms with Crippen LogP contribution in [0.4, 0.5) is 16.2 Å². The lowest BCUT2D eigenvalue weighted by Crippen LogP contribution is -2.20. The number of urea groups is 1. The van der Waals surface area contributed by atoms with Gasteiger partial charge in [0.15, 0.2) is 23.0 Å². The fourth-order valence-corrected chi connectivity index (χ4v) is 3.99. The lowest BCUT2D eigenvalue weighted by atomic mass is 10.0. The van der Waals surface area contributed by atoms with Crippen molar-refractivity contribution in [2.75, 3.05) is 39.1 Å². The van der Waals surface area contributed by atoms with Crippen LogP contribution in [-0.2, 0) is 6.42 Å². The first kappa shape index (κ1) is 24.7. The van der Waals surface area contributed by atoms with Gasteiger partial charge in [0, 0.05) is 35.4 Å². The van der Waals surface area contributed by atoms with Crippen LogP contribution in [0.15, 0.2) is 60.8 Å². The zero-order chi connectivity index (χ0) is 25.7. The summed E-state index contributed by atoms with van der Waals surface area (Å²) in [6.07, 6.45) is 2.18. The number of methoxy groups -OCH3 is 4. The topological polar surface area (TPSA) is 90.9 Å². The molecule has 1 aromatic heterocycles. The Morgan fingerprint density at radius 3 is 2.06 bits per heavy atom. The van der Waals surface area contributed by atoms with Gasteiger partial charge in [-0.25, -0.2) is 4.79 Å². The molecule has 0 unspecified atom stereocenters. The van der Waals surface area contributed by atoms with Gasteiger partial charge in [-0.15, -0.1) is 0 Å². The van der Waals surface area contributed by atoms with Crippen LogP contribution >= 0.6 is 0 Å². The van der Waals surface area contributed by atoms with Gasteiger partial charge in [0.2, 0.25) is 0 Å². The number of benzene rings is 3. The highest BCUT2D eigenvalue weighted by atomic mass is 16.5. The molecule has 0 fully saturated rings. The smallest absolute Gasteiger partial charge is 0.323 e. The number of ether oxygens (including phenoxy) is 4. The van der Waals surface area contributed by atoms with E-state index in [-0.39, 0.29) is 6.03 Å². The standard InChI is InChI=1S/C28H29N3O5/c1-17-6-8-20(9-7-17)30-28(32)31-22-16-27(36-5)25(34-3)14-19(22)12-23-21-15-26(35-4)24(33-2)13-18(21)10-11-29-23/h6-11,13-16H,12H2,1-5H3,(H2,30,31,32). The Balaban J connectivity index is 1.72. The average molecular weight is 488 g/mol. The van der Waals surface area contributed by atoms with Gasteiger partial charge in [-0.2, -0.15) is 0 Å². The zero-order valence-electron chi connectivity index (χ0n) is 21.0. The molecule has 2 N–H and O–H groups in total. The molecule has 2 amide bonds. The minimum Gasteiger partial charge on any atom is -0.493 e. The largest absolute Gasteiger partial charge is 0.493 e. The molecular formula is C28H29N3O5. The molecule has 1 heterocycles. The van der Waals surface area contributed by atoms with E-state index in [0.29, 0.717) is 40.8 Å². The minimum absolute atomic E-state index is 0.371. The van der Waals surface area contributed by atoms with Crippen molar-refractivity contribution in [2.24, 2.45) is 0 Å². The van der Waals surface area contributed by atoms with Crippen LogP contribution in [-0.4, -0.2) is 39.5 Å². The predicted octanol–water partition coefficient (Wildman–Crippen LogP) is 5.81. The molecule has 8 heteroatoms. The minimum atomic E-state index is -0.371. The van der Waals surface area contributed by atoms with Gasteiger partial charge in [0.05, 0.1) is 34.1 Å². The molecule has 0 aliphatic rings. The maximum Gasteiger partial charge on any atom is 0.323 e. The Hall–Kier alpha value is -4.46. The molecule has 4 aromatic rings. The van der Waals surface area contributed by atoms with Crippen LogP contribution in [0, 0.1) is 6.92 Å². The molecular weight excluding hydrogens is 458 g/mol. The highest BCUT2D eigenvalue weighted by molar-refractivity contribution is 6.00. The molecule has 4 rings (SSSR count). The number of carbonyl (C=O) groups is 1. The number of aryl methyl sites for hydroxylation is 1. The summed E-state index contributed by atoms with van der Waals surface area (Å²) in [5, 5.41) is 7.69. The summed E-state index contributed by atoms with van der Waals surface area (Å²) in [6, 6.07) is 16.6. The Morgan fingerprint density at radius 2 is 1.39 bits per heavy atom. The summed E-state index contributed by atoms with van der Waals surface area (Å²) in [4.78, 5) is 17.5. The molecule has 186 valence electrons. The molecule has 0 spiro atoms. The first-order valence-corrected chi connectivity index (χ1v) is 11.3. The summed E-state index contributed by atoms with van der Waals surface area (Å²) in [5.41, 5.74) is 4.00. The molecule has 0 aliphatic carbocycles. The number of rotatable bonds is 8. The van der Waals surface area contributed by atoms with Gasteiger partial charge >= 0.3 is 6.03 Å². The predicted molar refractivity (Wildman–Crippen MR) is 141 cm³/mol. The number of aromatic nitrogens is 1. The first-order chi connectivity index (χ1) is 17.4. The SMILES string of the molecule is COc1cc(Cc2nccc3cc(OC)c(OC)cc23)c(NC(=O)Nc2ccc(C)cc2)cc1OC. The molecule has 3 aromatic carbocycles. The number of nitrogens with zero attached hydrogens (tertiary/aromatic N) is 1. The maximum atomic E-state index is 12.9. The highest BCUT2D eigenvalue weighted by Gasteiger charge is 2.17. The molecule has 0 radical (unpaired) electrons. The van der Waals surface area contributed by atoms with Crippen molar-refractivity contribution in [2.45, 2.75) is 13.3 Å². The van der Waals surface area contributed by atoms with Gasteiger partial charge < -0.3 is 29.6 Å². The number of carbonyl (C=O) groups excluding carboxylic acids is 1. The quantitative estimate of drug-likeness (QED) is 0.326. The summed E-state index contributed by atoms with van der Waals surface area (Å²) < 4.78 is 22.0. The Labute approximate surface area is 210 Å². The molecule has 8 nitrogen and oxygen atoms in total. The molecule has 36 heavy (non-hydrogen) atoms. The van der Waals surface area contributed by atoms with E-state index in [0.717, 1.165) is 27.6 Å². The van der Waals surface area contributed by atoms with Crippen LogP contribution < -0.4 is 29.6 Å². The van der Waals surface area contributed by atoms with Gasteiger partial charge in [-0.3, -0.25) is 4.98 Å². The number of nitrogens with one attached hydrogen (secondary N) is 2. The summed E-state index contributed by atoms with van der Waals surface area (Å²) >= 11 is 0. The van der Waals surface area contributed by atoms with Crippen molar-refractivity contribution in [3.8, 4) is 23.0 Å². The molecule has 0 saturated heterocycles. The molecule has 0 aliphatic heterocycles. The number of amides is 2. The van der Waals surface area contributed by atoms with Crippen LogP contribution in [0.2, 0.25) is 0 Å². The van der Waals surface area contributed by atoms with Gasteiger partial charge in [0.1, 0.15) is 0 Å². The lowest BCUT2D eigenvalue weighted by Gasteiger charge is -2.17. The number of pyridine rings is 1. The van der Waals surface area contributed by atoms with Crippen molar-refractivity contribution in [3.05, 3.63) is 77.6 Å². The van der Waals surface area contributed by atoms with Gasteiger partial charge in [-0.1, -0.05) is 17.7 Å². The maximum absolute atomic E-state index is 12.9. The molecule has 0 bridgehead atoms. The highest BCUT2D eigenvalue weighted by Crippen LogP contribution is 2.37. The van der Waals surface area contributed by atoms with E-state index in [1.54, 1.807) is 40.7 Å². The normalized spacial score (nSPS) is 10.6. The van der Waals surface area contributed by atoms with E-state index in [1.807, 2.05) is 55.5 Å². The van der Waals surface area contributed by atoms with Crippen LogP contribution in [0.3, 0.4) is 0 Å². The van der Waals surface area contributed by atoms with E-state index in [9.17, 15) is 4.79 Å². The van der Waals surface area contributed by atoms with Crippen LogP contribution in [0.25, 0.3) is 10.8 Å². The van der Waals surface area contributed by atoms with Gasteiger partial charge in [0.25, 0.3) is 0 Å². The monoisotopic (exact) mass is 487 g/mol. The fourth-order valence-electron chi connectivity index (χ4n) is 3.99. The summed E-state index contributed by atoms with van der Waals surface area (Å²) in [7, 11) is 6.34. The number of fused-ring (bicyclic) bond motifs is 1. The second kappa shape index (κ2) is 10.9. The second-order valence-electron chi connectivity index (χ2n) is 8.17. The number of hydrogen-bond acceptors (Lipinski definition) is 6. The van der Waals surface area contributed by atoms with E-state index in [4.69, 9.17) is 18.9 Å². The number of anilines is 2. The lowest BCUT2D eigenvalue weighted by molar-refractivity contribution is 0.262. The van der Waals surface area contributed by atoms with Crippen molar-refractivity contribution < 1.29 is 23.7 Å². The Kier molecular flexibility index (Phi) is 7.44. The Morgan fingerprint density at radius 1 is 0.778 bits per heavy atom. The van der Waals surface area contributed by atoms with E-state index >= 15 is 0 Å². The molecule has 0 saturated carbocycles. The van der Waals surface area contributed by atoms with Crippen molar-refractivity contribution in [3.63, 3.8) is 0 Å². The van der Waals surface area contributed by atoms with Crippen molar-refractivity contribution in [1.29, 1.82) is 0 Å². The van der Waals surface area contributed by atoms with Gasteiger partial charge in [-0.05, 0) is 54.3 Å². The van der Waals surface area contributed by atoms with Crippen LogP contribution in [0.5, 0.6) is 23.0 Å². The first-order valence-electron chi connectivity index (χ1n) is 11.3. The third-order valence-electron chi connectivity index (χ3n) is 5.88.